The third-order valence-electron chi connectivity index (χ3n) is 1.45. The Morgan fingerprint density at radius 1 is 1.50 bits per heavy atom. The van der Waals surface area contributed by atoms with Crippen molar-refractivity contribution in [2.75, 3.05) is 20.4 Å². The highest BCUT2D eigenvalue weighted by atomic mass is 32.2. The SMILES string of the molecule is CS/C(N=CN(C)C)=N\N=Cc1cccs1. The number of hydrogen-bond acceptors (Lipinski definition) is 4. The van der Waals surface area contributed by atoms with E-state index in [1.54, 1.807) is 23.9 Å². The van der Waals surface area contributed by atoms with E-state index in [1.807, 2.05) is 42.8 Å². The van der Waals surface area contributed by atoms with Gasteiger partial charge in [-0.15, -0.1) is 16.4 Å². The number of thioether (sulfide) groups is 1. The fraction of sp³-hybridized carbons (Fsp3) is 0.300. The lowest BCUT2D eigenvalue weighted by atomic mass is 10.5. The van der Waals surface area contributed by atoms with E-state index in [9.17, 15) is 0 Å². The second kappa shape index (κ2) is 7.19. The topological polar surface area (TPSA) is 40.3 Å². The Labute approximate surface area is 104 Å². The molecule has 0 unspecified atom stereocenters. The van der Waals surface area contributed by atoms with Crippen LogP contribution in [-0.2, 0) is 0 Å². The van der Waals surface area contributed by atoms with E-state index < -0.39 is 0 Å². The van der Waals surface area contributed by atoms with Gasteiger partial charge in [0.25, 0.3) is 0 Å². The van der Waals surface area contributed by atoms with Crippen LogP contribution in [0.1, 0.15) is 4.88 Å². The van der Waals surface area contributed by atoms with Crippen LogP contribution in [0.15, 0.2) is 32.7 Å². The maximum Gasteiger partial charge on any atom is 0.210 e. The van der Waals surface area contributed by atoms with Crippen molar-refractivity contribution in [2.45, 2.75) is 0 Å². The second-order valence-corrected chi connectivity index (χ2v) is 4.81. The third kappa shape index (κ3) is 5.09. The van der Waals surface area contributed by atoms with Crippen molar-refractivity contribution in [3.8, 4) is 0 Å². The van der Waals surface area contributed by atoms with Crippen molar-refractivity contribution < 1.29 is 0 Å². The quantitative estimate of drug-likeness (QED) is 0.472. The van der Waals surface area contributed by atoms with Crippen molar-refractivity contribution >= 4 is 40.8 Å². The molecule has 0 N–H and O–H groups in total. The lowest BCUT2D eigenvalue weighted by Gasteiger charge is -2.01. The Bertz CT molecular complexity index is 380. The molecule has 0 amide bonds. The van der Waals surface area contributed by atoms with Crippen molar-refractivity contribution in [3.63, 3.8) is 0 Å². The van der Waals surface area contributed by atoms with Crippen LogP contribution in [0.5, 0.6) is 0 Å². The molecule has 1 aromatic heterocycles. The summed E-state index contributed by atoms with van der Waals surface area (Å²) in [5.41, 5.74) is 0. The largest absolute Gasteiger partial charge is 0.369 e. The number of aliphatic imine (C=N–C) groups is 1. The van der Waals surface area contributed by atoms with Gasteiger partial charge >= 0.3 is 0 Å². The Balaban J connectivity index is 2.59. The van der Waals surface area contributed by atoms with E-state index in [0.29, 0.717) is 5.17 Å². The van der Waals surface area contributed by atoms with Gasteiger partial charge in [-0.1, -0.05) is 17.8 Å². The molecule has 1 heterocycles. The minimum Gasteiger partial charge on any atom is -0.369 e. The highest BCUT2D eigenvalue weighted by Crippen LogP contribution is 2.05. The molecule has 0 saturated carbocycles. The summed E-state index contributed by atoms with van der Waals surface area (Å²) in [5.74, 6) is 0. The van der Waals surface area contributed by atoms with Gasteiger partial charge in [-0.2, -0.15) is 5.10 Å². The van der Waals surface area contributed by atoms with Gasteiger partial charge in [0.05, 0.1) is 12.6 Å². The number of thiophene rings is 1. The van der Waals surface area contributed by atoms with E-state index >= 15 is 0 Å². The van der Waals surface area contributed by atoms with Crippen molar-refractivity contribution in [2.24, 2.45) is 15.2 Å². The van der Waals surface area contributed by atoms with Crippen LogP contribution >= 0.6 is 23.1 Å². The molecule has 0 saturated heterocycles. The first kappa shape index (κ1) is 12.9. The molecule has 0 atom stereocenters. The van der Waals surface area contributed by atoms with Gasteiger partial charge in [-0.3, -0.25) is 0 Å². The maximum absolute atomic E-state index is 4.16. The van der Waals surface area contributed by atoms with Gasteiger partial charge in [0.2, 0.25) is 5.17 Å². The molecule has 0 aliphatic carbocycles. The average Bonchev–Trinajstić information content (AvgIpc) is 2.75. The molecule has 0 fully saturated rings. The van der Waals surface area contributed by atoms with Crippen LogP contribution in [0.4, 0.5) is 0 Å². The minimum atomic E-state index is 0.640. The average molecular weight is 254 g/mol. The van der Waals surface area contributed by atoms with E-state index in [4.69, 9.17) is 0 Å². The van der Waals surface area contributed by atoms with E-state index in [2.05, 4.69) is 15.2 Å². The van der Waals surface area contributed by atoms with Gasteiger partial charge in [-0.25, -0.2) is 4.99 Å². The predicted molar refractivity (Wildman–Crippen MR) is 75.0 cm³/mol. The highest BCUT2D eigenvalue weighted by Gasteiger charge is 1.91. The van der Waals surface area contributed by atoms with Gasteiger partial charge in [-0.05, 0) is 17.7 Å². The molecule has 0 radical (unpaired) electrons. The van der Waals surface area contributed by atoms with E-state index in [-0.39, 0.29) is 0 Å². The van der Waals surface area contributed by atoms with Gasteiger partial charge in [0, 0.05) is 19.0 Å². The summed E-state index contributed by atoms with van der Waals surface area (Å²) in [5, 5.41) is 10.6. The third-order valence-corrected chi connectivity index (χ3v) is 2.81. The molecule has 86 valence electrons. The van der Waals surface area contributed by atoms with Crippen LogP contribution in [0, 0.1) is 0 Å². The normalized spacial score (nSPS) is 12.8. The van der Waals surface area contributed by atoms with Crippen LogP contribution in [0.25, 0.3) is 0 Å². The zero-order valence-electron chi connectivity index (χ0n) is 9.49. The smallest absolute Gasteiger partial charge is 0.210 e. The minimum absolute atomic E-state index is 0.640. The summed E-state index contributed by atoms with van der Waals surface area (Å²) < 4.78 is 0. The Morgan fingerprint density at radius 3 is 2.88 bits per heavy atom. The monoisotopic (exact) mass is 254 g/mol. The molecular formula is C10H14N4S2. The summed E-state index contributed by atoms with van der Waals surface area (Å²) in [6.45, 7) is 0. The second-order valence-electron chi connectivity index (χ2n) is 3.05. The Hall–Kier alpha value is -1.14. The van der Waals surface area contributed by atoms with Crippen LogP contribution in [0.2, 0.25) is 0 Å². The molecule has 1 aromatic rings. The molecule has 0 spiro atoms. The van der Waals surface area contributed by atoms with Crippen LogP contribution in [-0.4, -0.2) is 43.0 Å². The number of nitrogens with zero attached hydrogens (tertiary/aromatic N) is 4. The Morgan fingerprint density at radius 2 is 2.31 bits per heavy atom. The highest BCUT2D eigenvalue weighted by molar-refractivity contribution is 8.13. The zero-order valence-corrected chi connectivity index (χ0v) is 11.1. The van der Waals surface area contributed by atoms with E-state index in [0.717, 1.165) is 4.88 Å². The fourth-order valence-electron chi connectivity index (χ4n) is 0.784. The molecule has 0 bridgehead atoms. The van der Waals surface area contributed by atoms with Gasteiger partial charge in [0.1, 0.15) is 0 Å². The van der Waals surface area contributed by atoms with E-state index in [1.165, 1.54) is 11.8 Å². The summed E-state index contributed by atoms with van der Waals surface area (Å²) >= 11 is 3.09. The summed E-state index contributed by atoms with van der Waals surface area (Å²) in [4.78, 5) is 7.10. The summed E-state index contributed by atoms with van der Waals surface area (Å²) in [6.07, 6.45) is 5.36. The van der Waals surface area contributed by atoms with Crippen molar-refractivity contribution in [1.29, 1.82) is 0 Å². The van der Waals surface area contributed by atoms with Crippen molar-refractivity contribution in [1.82, 2.24) is 4.90 Å². The van der Waals surface area contributed by atoms with Gasteiger partial charge in [0.15, 0.2) is 0 Å². The number of hydrogen-bond donors (Lipinski definition) is 0. The van der Waals surface area contributed by atoms with Crippen LogP contribution < -0.4 is 0 Å². The molecule has 16 heavy (non-hydrogen) atoms. The van der Waals surface area contributed by atoms with Crippen molar-refractivity contribution in [3.05, 3.63) is 22.4 Å². The first-order valence-corrected chi connectivity index (χ1v) is 6.72. The molecule has 0 aliphatic rings. The molecule has 1 rings (SSSR count). The lowest BCUT2D eigenvalue weighted by Crippen LogP contribution is -2.08. The fourth-order valence-corrected chi connectivity index (χ4v) is 1.64. The zero-order chi connectivity index (χ0) is 11.8. The molecule has 0 aromatic carbocycles. The van der Waals surface area contributed by atoms with Crippen LogP contribution in [0.3, 0.4) is 0 Å². The standard InChI is InChI=1S/C10H14N4S2/c1-14(2)8-11-10(15-3)13-12-7-9-5-4-6-16-9/h4-8H,1-3H3/b11-8?,12-7?,13-10-. The molecule has 0 aliphatic heterocycles. The summed E-state index contributed by atoms with van der Waals surface area (Å²) in [6, 6.07) is 3.97. The lowest BCUT2D eigenvalue weighted by molar-refractivity contribution is 0.644. The van der Waals surface area contributed by atoms with Gasteiger partial charge < -0.3 is 4.90 Å². The molecular weight excluding hydrogens is 240 g/mol. The maximum atomic E-state index is 4.16. The summed E-state index contributed by atoms with van der Waals surface area (Å²) in [7, 11) is 3.83. The Kier molecular flexibility index (Phi) is 5.81. The molecule has 6 heteroatoms. The molecule has 4 nitrogen and oxygen atoms in total. The first-order valence-electron chi connectivity index (χ1n) is 4.61. The first-order chi connectivity index (χ1) is 7.72. The number of amidine groups is 1. The number of rotatable bonds is 3. The predicted octanol–water partition coefficient (Wildman–Crippen LogP) is 2.39.